The van der Waals surface area contributed by atoms with Crippen LogP contribution in [0.1, 0.15) is 80.6 Å². The first-order valence-electron chi connectivity index (χ1n) is 8.90. The minimum atomic E-state index is -4.84. The van der Waals surface area contributed by atoms with Gasteiger partial charge in [-0.1, -0.05) is 58.3 Å². The van der Waals surface area contributed by atoms with Crippen molar-refractivity contribution in [2.45, 2.75) is 70.9 Å². The fraction of sp³-hybridized carbons (Fsp3) is 0.632. The lowest BCUT2D eigenvalue weighted by Crippen LogP contribution is -2.12. The average Bonchev–Trinajstić information content (AvgIpc) is 2.55. The van der Waals surface area contributed by atoms with Gasteiger partial charge in [0.15, 0.2) is 0 Å². The number of unbranched alkanes of at least 4 members (excludes halogenated alkanes) is 8. The Morgan fingerprint density at radius 2 is 1.52 bits per heavy atom. The molecule has 0 amide bonds. The molecule has 0 aliphatic heterocycles. The van der Waals surface area contributed by atoms with Crippen molar-refractivity contribution in [3.05, 3.63) is 35.1 Å². The van der Waals surface area contributed by atoms with Gasteiger partial charge in [0.25, 0.3) is 0 Å². The van der Waals surface area contributed by atoms with Crippen molar-refractivity contribution in [3.63, 3.8) is 0 Å². The highest BCUT2D eigenvalue weighted by molar-refractivity contribution is 5.89. The number of carbonyl (C=O) groups excluding carboxylic acids is 1. The van der Waals surface area contributed by atoms with E-state index in [-0.39, 0.29) is 12.2 Å². The van der Waals surface area contributed by atoms with Crippen LogP contribution in [0.15, 0.2) is 18.2 Å². The molecule has 2 nitrogen and oxygen atoms in total. The maximum Gasteiger partial charge on any atom is 0.419 e. The Labute approximate surface area is 146 Å². The number of rotatable bonds is 11. The Hall–Kier alpha value is -1.59. The molecule has 0 spiro atoms. The summed E-state index contributed by atoms with van der Waals surface area (Å²) >= 11 is 0. The summed E-state index contributed by atoms with van der Waals surface area (Å²) in [6, 6.07) is 2.13. The van der Waals surface area contributed by atoms with Gasteiger partial charge in [-0.2, -0.15) is 13.2 Å². The summed E-state index contributed by atoms with van der Waals surface area (Å²) in [4.78, 5) is 11.8. The third-order valence-corrected chi connectivity index (χ3v) is 3.99. The fourth-order valence-electron chi connectivity index (χ4n) is 2.53. The SMILES string of the molecule is CCCCCCCCCCCOC(=O)c1ccc(F)c(C(F)(F)F)c1. The standard InChI is InChI=1S/C19H26F4O2/c1-2-3-4-5-6-7-8-9-10-13-25-18(24)15-11-12-17(20)16(14-15)19(21,22)23/h11-12,14H,2-10,13H2,1H3. The van der Waals surface area contributed by atoms with Crippen LogP contribution in [0.3, 0.4) is 0 Å². The van der Waals surface area contributed by atoms with Crippen molar-refractivity contribution >= 4 is 5.97 Å². The summed E-state index contributed by atoms with van der Waals surface area (Å²) in [7, 11) is 0. The van der Waals surface area contributed by atoms with E-state index >= 15 is 0 Å². The quantitative estimate of drug-likeness (QED) is 0.254. The number of hydrogen-bond acceptors (Lipinski definition) is 2. The first-order chi connectivity index (χ1) is 11.9. The molecule has 142 valence electrons. The Morgan fingerprint density at radius 1 is 0.960 bits per heavy atom. The Kier molecular flexibility index (Phi) is 9.53. The fourth-order valence-corrected chi connectivity index (χ4v) is 2.53. The molecule has 0 fully saturated rings. The van der Waals surface area contributed by atoms with Gasteiger partial charge in [0.1, 0.15) is 5.82 Å². The van der Waals surface area contributed by atoms with E-state index < -0.39 is 23.5 Å². The first kappa shape index (κ1) is 21.5. The molecule has 0 aliphatic rings. The minimum Gasteiger partial charge on any atom is -0.462 e. The van der Waals surface area contributed by atoms with Crippen molar-refractivity contribution in [2.24, 2.45) is 0 Å². The molecule has 0 saturated heterocycles. The van der Waals surface area contributed by atoms with Crippen LogP contribution in [0.2, 0.25) is 0 Å². The number of benzene rings is 1. The van der Waals surface area contributed by atoms with Crippen molar-refractivity contribution in [3.8, 4) is 0 Å². The van der Waals surface area contributed by atoms with E-state index in [1.165, 1.54) is 32.1 Å². The highest BCUT2D eigenvalue weighted by Gasteiger charge is 2.34. The van der Waals surface area contributed by atoms with E-state index in [1.54, 1.807) is 0 Å². The number of alkyl halides is 3. The van der Waals surface area contributed by atoms with Crippen molar-refractivity contribution in [1.82, 2.24) is 0 Å². The summed E-state index contributed by atoms with van der Waals surface area (Å²) in [5.74, 6) is -2.26. The third kappa shape index (κ3) is 8.36. The molecule has 1 aromatic carbocycles. The normalized spacial score (nSPS) is 11.6. The van der Waals surface area contributed by atoms with E-state index in [9.17, 15) is 22.4 Å². The van der Waals surface area contributed by atoms with Gasteiger partial charge < -0.3 is 4.74 Å². The van der Waals surface area contributed by atoms with Gasteiger partial charge in [0.2, 0.25) is 0 Å². The highest BCUT2D eigenvalue weighted by atomic mass is 19.4. The predicted octanol–water partition coefficient (Wildman–Crippen LogP) is 6.53. The zero-order valence-electron chi connectivity index (χ0n) is 14.6. The van der Waals surface area contributed by atoms with Gasteiger partial charge in [-0.25, -0.2) is 9.18 Å². The number of esters is 1. The van der Waals surface area contributed by atoms with Gasteiger partial charge in [-0.05, 0) is 24.6 Å². The van der Waals surface area contributed by atoms with Crippen molar-refractivity contribution in [1.29, 1.82) is 0 Å². The largest absolute Gasteiger partial charge is 0.462 e. The first-order valence-corrected chi connectivity index (χ1v) is 8.90. The van der Waals surface area contributed by atoms with Crippen LogP contribution in [0, 0.1) is 5.82 Å². The van der Waals surface area contributed by atoms with Crippen LogP contribution in [-0.4, -0.2) is 12.6 Å². The van der Waals surface area contributed by atoms with E-state index in [1.807, 2.05) is 0 Å². The van der Waals surface area contributed by atoms with Crippen LogP contribution in [0.5, 0.6) is 0 Å². The van der Waals surface area contributed by atoms with E-state index in [4.69, 9.17) is 4.74 Å². The lowest BCUT2D eigenvalue weighted by Gasteiger charge is -2.10. The molecule has 0 N–H and O–H groups in total. The molecule has 0 aliphatic carbocycles. The lowest BCUT2D eigenvalue weighted by molar-refractivity contribution is -0.140. The number of ether oxygens (including phenoxy) is 1. The second-order valence-corrected chi connectivity index (χ2v) is 6.16. The summed E-state index contributed by atoms with van der Waals surface area (Å²) in [5.41, 5.74) is -1.74. The van der Waals surface area contributed by atoms with Gasteiger partial charge in [0.05, 0.1) is 17.7 Å². The molecule has 0 heterocycles. The Bertz CT molecular complexity index is 527. The summed E-state index contributed by atoms with van der Waals surface area (Å²) in [6.45, 7) is 2.34. The Morgan fingerprint density at radius 3 is 2.08 bits per heavy atom. The number of carbonyl (C=O) groups is 1. The molecule has 1 aromatic rings. The summed E-state index contributed by atoms with van der Waals surface area (Å²) in [5, 5.41) is 0. The molecule has 0 saturated carbocycles. The van der Waals surface area contributed by atoms with Crippen LogP contribution < -0.4 is 0 Å². The molecule has 1 rings (SSSR count). The monoisotopic (exact) mass is 362 g/mol. The number of halogens is 4. The van der Waals surface area contributed by atoms with Crippen molar-refractivity contribution in [2.75, 3.05) is 6.61 Å². The molecule has 0 atom stereocenters. The topological polar surface area (TPSA) is 26.3 Å². The van der Waals surface area contributed by atoms with Crippen LogP contribution >= 0.6 is 0 Å². The molecule has 6 heteroatoms. The third-order valence-electron chi connectivity index (χ3n) is 3.99. The zero-order valence-corrected chi connectivity index (χ0v) is 14.6. The lowest BCUT2D eigenvalue weighted by atomic mass is 10.1. The maximum atomic E-state index is 13.2. The Balaban J connectivity index is 2.25. The molecule has 0 radical (unpaired) electrons. The van der Waals surface area contributed by atoms with Gasteiger partial charge in [-0.3, -0.25) is 0 Å². The second kappa shape index (κ2) is 11.1. The van der Waals surface area contributed by atoms with E-state index in [0.717, 1.165) is 25.3 Å². The number of hydrogen-bond donors (Lipinski definition) is 0. The van der Waals surface area contributed by atoms with Crippen LogP contribution in [0.4, 0.5) is 17.6 Å². The molecular weight excluding hydrogens is 336 g/mol. The molecule has 0 aromatic heterocycles. The van der Waals surface area contributed by atoms with E-state index in [2.05, 4.69) is 6.92 Å². The van der Waals surface area contributed by atoms with Crippen LogP contribution in [-0.2, 0) is 10.9 Å². The summed E-state index contributed by atoms with van der Waals surface area (Å²) < 4.78 is 56.0. The van der Waals surface area contributed by atoms with E-state index in [0.29, 0.717) is 18.6 Å². The predicted molar refractivity (Wildman–Crippen MR) is 88.9 cm³/mol. The second-order valence-electron chi connectivity index (χ2n) is 6.16. The zero-order chi connectivity index (χ0) is 18.7. The maximum absolute atomic E-state index is 13.2. The van der Waals surface area contributed by atoms with Gasteiger partial charge in [-0.15, -0.1) is 0 Å². The molecular formula is C19H26F4O2. The van der Waals surface area contributed by atoms with Gasteiger partial charge in [0, 0.05) is 0 Å². The average molecular weight is 362 g/mol. The van der Waals surface area contributed by atoms with Crippen molar-refractivity contribution < 1.29 is 27.1 Å². The molecule has 25 heavy (non-hydrogen) atoms. The molecule has 0 unspecified atom stereocenters. The molecule has 0 bridgehead atoms. The smallest absolute Gasteiger partial charge is 0.419 e. The van der Waals surface area contributed by atoms with Gasteiger partial charge >= 0.3 is 12.1 Å². The minimum absolute atomic E-state index is 0.160. The summed E-state index contributed by atoms with van der Waals surface area (Å²) in [6.07, 6.45) is 5.17. The van der Waals surface area contributed by atoms with Crippen LogP contribution in [0.25, 0.3) is 0 Å². The highest BCUT2D eigenvalue weighted by Crippen LogP contribution is 2.32.